The van der Waals surface area contributed by atoms with Crippen molar-refractivity contribution in [3.05, 3.63) is 0 Å². The summed E-state index contributed by atoms with van der Waals surface area (Å²) in [5.41, 5.74) is 0. The third-order valence-corrected chi connectivity index (χ3v) is 7.64. The second kappa shape index (κ2) is 18.2. The molecule has 2 fully saturated rings. The Morgan fingerprint density at radius 3 is 1.55 bits per heavy atom. The summed E-state index contributed by atoms with van der Waals surface area (Å²) >= 11 is 0. The van der Waals surface area contributed by atoms with Gasteiger partial charge in [-0.3, -0.25) is 9.69 Å². The Morgan fingerprint density at radius 1 is 0.677 bits per heavy atom. The van der Waals surface area contributed by atoms with Gasteiger partial charge in [-0.25, -0.2) is 0 Å². The van der Waals surface area contributed by atoms with Crippen molar-refractivity contribution in [2.75, 3.05) is 32.8 Å². The zero-order chi connectivity index (χ0) is 21.3. The lowest BCUT2D eigenvalue weighted by Gasteiger charge is -2.37. The van der Waals surface area contributed by atoms with Gasteiger partial charge in [-0.2, -0.15) is 0 Å². The molecule has 2 heterocycles. The highest BCUT2D eigenvalue weighted by molar-refractivity contribution is 5.77. The average Bonchev–Trinajstić information content (AvgIpc) is 3.37. The molecule has 2 rings (SSSR count). The zero-order valence-electron chi connectivity index (χ0n) is 20.9. The average molecular weight is 457 g/mol. The van der Waals surface area contributed by atoms with E-state index < -0.39 is 0 Å². The minimum Gasteiger partial charge on any atom is -1.00 e. The zero-order valence-corrected chi connectivity index (χ0v) is 21.6. The molecule has 0 saturated carbocycles. The molecule has 0 atom stereocenters. The number of amides is 1. The normalized spacial score (nSPS) is 18.0. The molecule has 4 heteroatoms. The molecule has 0 unspecified atom stereocenters. The van der Waals surface area contributed by atoms with Crippen LogP contribution in [0.5, 0.6) is 0 Å². The molecule has 2 aliphatic rings. The second-order valence-corrected chi connectivity index (χ2v) is 10.4. The number of rotatable bonds is 19. The maximum Gasteiger partial charge on any atom is 0.226 e. The van der Waals surface area contributed by atoms with Crippen molar-refractivity contribution in [2.45, 2.75) is 135 Å². The second-order valence-electron chi connectivity index (χ2n) is 10.4. The van der Waals surface area contributed by atoms with Crippen molar-refractivity contribution >= 4 is 5.91 Å². The summed E-state index contributed by atoms with van der Waals surface area (Å²) < 4.78 is 1.21. The van der Waals surface area contributed by atoms with Gasteiger partial charge in [-0.1, -0.05) is 96.8 Å². The van der Waals surface area contributed by atoms with Crippen LogP contribution in [-0.2, 0) is 4.79 Å². The van der Waals surface area contributed by atoms with E-state index in [4.69, 9.17) is 0 Å². The highest BCUT2D eigenvalue weighted by Gasteiger charge is 2.36. The molecule has 1 amide bonds. The van der Waals surface area contributed by atoms with Crippen LogP contribution in [0.2, 0.25) is 0 Å². The van der Waals surface area contributed by atoms with E-state index in [0.717, 1.165) is 26.1 Å². The highest BCUT2D eigenvalue weighted by atomic mass is 35.5. The van der Waals surface area contributed by atoms with Crippen molar-refractivity contribution in [1.82, 2.24) is 4.90 Å². The van der Waals surface area contributed by atoms with E-state index in [1.54, 1.807) is 0 Å². The number of quaternary nitrogens is 1. The fourth-order valence-corrected chi connectivity index (χ4v) is 5.65. The van der Waals surface area contributed by atoms with Gasteiger partial charge in [0.2, 0.25) is 5.91 Å². The van der Waals surface area contributed by atoms with Crippen LogP contribution in [0.3, 0.4) is 0 Å². The van der Waals surface area contributed by atoms with Gasteiger partial charge in [-0.15, -0.1) is 0 Å². The summed E-state index contributed by atoms with van der Waals surface area (Å²) in [6.07, 6.45) is 27.6. The molecule has 0 aliphatic carbocycles. The number of nitrogens with zero attached hydrogens (tertiary/aromatic N) is 2. The Kier molecular flexibility index (Phi) is 16.9. The molecule has 2 saturated heterocycles. The van der Waals surface area contributed by atoms with Gasteiger partial charge in [0.15, 0.2) is 6.67 Å². The molecule has 0 radical (unpaired) electrons. The number of unbranched alkanes of at least 4 members (excludes halogenated alkanes) is 15. The molecule has 0 N–H and O–H groups in total. The predicted molar refractivity (Wildman–Crippen MR) is 129 cm³/mol. The van der Waals surface area contributed by atoms with E-state index >= 15 is 0 Å². The Balaban J connectivity index is 0.00000480. The fraction of sp³-hybridized carbons (Fsp3) is 0.963. The van der Waals surface area contributed by atoms with Gasteiger partial charge < -0.3 is 16.9 Å². The van der Waals surface area contributed by atoms with Gasteiger partial charge in [0.1, 0.15) is 0 Å². The molecule has 3 nitrogen and oxygen atoms in total. The first-order chi connectivity index (χ1) is 14.8. The van der Waals surface area contributed by atoms with Crippen LogP contribution in [-0.4, -0.2) is 48.1 Å². The monoisotopic (exact) mass is 456 g/mol. The molecule has 2 aliphatic heterocycles. The third kappa shape index (κ3) is 12.5. The van der Waals surface area contributed by atoms with Crippen molar-refractivity contribution in [1.29, 1.82) is 0 Å². The van der Waals surface area contributed by atoms with Crippen molar-refractivity contribution in [3.8, 4) is 0 Å². The summed E-state index contributed by atoms with van der Waals surface area (Å²) in [6.45, 7) is 8.24. The standard InChI is InChI=1S/C27H53N2O.ClH/c1-2-3-4-5-6-7-8-9-10-11-12-13-14-15-16-17-23-29(24-18-19-25-29)26-28-22-20-21-27(28)30;/h2-26H2,1H3;1H/q+1;/p-1. The molecule has 31 heavy (non-hydrogen) atoms. The quantitative estimate of drug-likeness (QED) is 0.208. The summed E-state index contributed by atoms with van der Waals surface area (Å²) in [5.74, 6) is 0.409. The molecule has 0 bridgehead atoms. The predicted octanol–water partition coefficient (Wildman–Crippen LogP) is 4.44. The Bertz CT molecular complexity index is 437. The van der Waals surface area contributed by atoms with E-state index in [0.29, 0.717) is 5.91 Å². The molecule has 184 valence electrons. The molecular formula is C27H53ClN2O. The van der Waals surface area contributed by atoms with Crippen LogP contribution >= 0.6 is 0 Å². The number of hydrogen-bond donors (Lipinski definition) is 0. The van der Waals surface area contributed by atoms with Crippen LogP contribution in [0.25, 0.3) is 0 Å². The lowest BCUT2D eigenvalue weighted by Crippen LogP contribution is -3.00. The maximum absolute atomic E-state index is 12.0. The van der Waals surface area contributed by atoms with E-state index in [9.17, 15) is 4.79 Å². The SMILES string of the molecule is CCCCCCCCCCCCCCCCCC[N+]1(CN2CCCC2=O)CCCC1.[Cl-]. The highest BCUT2D eigenvalue weighted by Crippen LogP contribution is 2.24. The molecule has 0 aromatic carbocycles. The van der Waals surface area contributed by atoms with Gasteiger partial charge in [0, 0.05) is 25.8 Å². The number of carbonyl (C=O) groups excluding carboxylic acids is 1. The fourth-order valence-electron chi connectivity index (χ4n) is 5.65. The summed E-state index contributed by atoms with van der Waals surface area (Å²) in [5, 5.41) is 0. The molecule has 0 aromatic rings. The van der Waals surface area contributed by atoms with E-state index in [-0.39, 0.29) is 12.4 Å². The number of likely N-dealkylation sites (tertiary alicyclic amines) is 2. The molecular weight excluding hydrogens is 404 g/mol. The lowest BCUT2D eigenvalue weighted by atomic mass is 10.0. The van der Waals surface area contributed by atoms with Crippen LogP contribution in [0.1, 0.15) is 135 Å². The van der Waals surface area contributed by atoms with E-state index in [1.807, 2.05) is 0 Å². The molecule has 0 spiro atoms. The van der Waals surface area contributed by atoms with Gasteiger partial charge >= 0.3 is 0 Å². The number of halogens is 1. The van der Waals surface area contributed by atoms with Crippen molar-refractivity contribution < 1.29 is 21.7 Å². The largest absolute Gasteiger partial charge is 1.00 e. The third-order valence-electron chi connectivity index (χ3n) is 7.64. The minimum atomic E-state index is 0. The van der Waals surface area contributed by atoms with Gasteiger partial charge in [0.25, 0.3) is 0 Å². The summed E-state index contributed by atoms with van der Waals surface area (Å²) in [6, 6.07) is 0. The number of hydrogen-bond acceptors (Lipinski definition) is 1. The van der Waals surface area contributed by atoms with E-state index in [2.05, 4.69) is 11.8 Å². The smallest absolute Gasteiger partial charge is 0.226 e. The first-order valence-electron chi connectivity index (χ1n) is 13.9. The Hall–Kier alpha value is -0.280. The van der Waals surface area contributed by atoms with Gasteiger partial charge in [-0.05, 0) is 19.3 Å². The van der Waals surface area contributed by atoms with Crippen molar-refractivity contribution in [2.24, 2.45) is 0 Å². The van der Waals surface area contributed by atoms with Crippen LogP contribution in [0, 0.1) is 0 Å². The Labute approximate surface area is 200 Å². The first-order valence-corrected chi connectivity index (χ1v) is 13.9. The minimum absolute atomic E-state index is 0. The lowest BCUT2D eigenvalue weighted by molar-refractivity contribution is -0.925. The van der Waals surface area contributed by atoms with Crippen LogP contribution in [0.15, 0.2) is 0 Å². The van der Waals surface area contributed by atoms with Crippen molar-refractivity contribution in [3.63, 3.8) is 0 Å². The van der Waals surface area contributed by atoms with Gasteiger partial charge in [0.05, 0.1) is 19.6 Å². The van der Waals surface area contributed by atoms with Crippen LogP contribution in [0.4, 0.5) is 0 Å². The summed E-state index contributed by atoms with van der Waals surface area (Å²) in [7, 11) is 0. The summed E-state index contributed by atoms with van der Waals surface area (Å²) in [4.78, 5) is 14.2. The molecule has 0 aromatic heterocycles. The van der Waals surface area contributed by atoms with Crippen LogP contribution < -0.4 is 12.4 Å². The van der Waals surface area contributed by atoms with E-state index in [1.165, 1.54) is 140 Å². The first kappa shape index (κ1) is 28.8. The maximum atomic E-state index is 12.0. The topological polar surface area (TPSA) is 20.3 Å². The number of carbonyl (C=O) groups is 1. The Morgan fingerprint density at radius 2 is 1.13 bits per heavy atom.